The Morgan fingerprint density at radius 1 is 1.39 bits per heavy atom. The lowest BCUT2D eigenvalue weighted by molar-refractivity contribution is 0.408. The van der Waals surface area contributed by atoms with Gasteiger partial charge >= 0.3 is 0 Å². The van der Waals surface area contributed by atoms with Crippen molar-refractivity contribution in [2.45, 2.75) is 19.9 Å². The first-order valence-corrected chi connectivity index (χ1v) is 6.00. The van der Waals surface area contributed by atoms with Crippen LogP contribution in [-0.4, -0.2) is 16.9 Å². The fourth-order valence-electron chi connectivity index (χ4n) is 2.02. The molecule has 0 spiro atoms. The van der Waals surface area contributed by atoms with Crippen LogP contribution in [0, 0.1) is 6.92 Å². The van der Waals surface area contributed by atoms with Crippen LogP contribution in [0.3, 0.4) is 0 Å². The van der Waals surface area contributed by atoms with Gasteiger partial charge in [0.15, 0.2) is 0 Å². The van der Waals surface area contributed by atoms with Gasteiger partial charge in [-0.05, 0) is 19.9 Å². The Labute approximate surface area is 108 Å². The van der Waals surface area contributed by atoms with Gasteiger partial charge in [0, 0.05) is 18.8 Å². The number of hydrogen-bond donors (Lipinski definition) is 1. The van der Waals surface area contributed by atoms with E-state index in [0.29, 0.717) is 0 Å². The molecule has 1 aromatic carbocycles. The highest BCUT2D eigenvalue weighted by atomic mass is 16.5. The minimum absolute atomic E-state index is 0.170. The maximum atomic E-state index is 5.40. The molecule has 0 radical (unpaired) electrons. The maximum Gasteiger partial charge on any atom is 0.124 e. The number of aryl methyl sites for hydroxylation is 2. The van der Waals surface area contributed by atoms with E-state index in [1.807, 2.05) is 25.5 Å². The highest BCUT2D eigenvalue weighted by Gasteiger charge is 2.12. The van der Waals surface area contributed by atoms with Crippen LogP contribution in [-0.2, 0) is 7.05 Å². The molecule has 1 unspecified atom stereocenters. The summed E-state index contributed by atoms with van der Waals surface area (Å²) in [5.41, 5.74) is 3.39. The minimum Gasteiger partial charge on any atom is -0.496 e. The van der Waals surface area contributed by atoms with Crippen molar-refractivity contribution in [3.63, 3.8) is 0 Å². The zero-order valence-electron chi connectivity index (χ0n) is 11.3. The summed E-state index contributed by atoms with van der Waals surface area (Å²) < 4.78 is 7.18. The van der Waals surface area contributed by atoms with Crippen molar-refractivity contribution in [3.8, 4) is 5.75 Å². The predicted octanol–water partition coefficient (Wildman–Crippen LogP) is 2.91. The van der Waals surface area contributed by atoms with Crippen LogP contribution in [0.2, 0.25) is 0 Å². The molecule has 2 rings (SSSR count). The first-order chi connectivity index (χ1) is 8.60. The fourth-order valence-corrected chi connectivity index (χ4v) is 2.02. The van der Waals surface area contributed by atoms with Crippen molar-refractivity contribution in [3.05, 3.63) is 41.7 Å². The second-order valence-corrected chi connectivity index (χ2v) is 4.51. The van der Waals surface area contributed by atoms with Crippen molar-refractivity contribution >= 4 is 5.69 Å². The molecule has 4 heteroatoms. The van der Waals surface area contributed by atoms with Gasteiger partial charge in [-0.3, -0.25) is 4.68 Å². The predicted molar refractivity (Wildman–Crippen MR) is 73.0 cm³/mol. The van der Waals surface area contributed by atoms with Crippen LogP contribution in [0.4, 0.5) is 5.69 Å². The minimum atomic E-state index is 0.170. The largest absolute Gasteiger partial charge is 0.496 e. The number of anilines is 1. The van der Waals surface area contributed by atoms with Gasteiger partial charge in [-0.1, -0.05) is 17.7 Å². The van der Waals surface area contributed by atoms with E-state index in [4.69, 9.17) is 4.74 Å². The number of ether oxygens (including phenoxy) is 1. The van der Waals surface area contributed by atoms with Gasteiger partial charge in [0.1, 0.15) is 5.75 Å². The molecule has 0 aliphatic carbocycles. The Kier molecular flexibility index (Phi) is 3.55. The quantitative estimate of drug-likeness (QED) is 0.900. The molecule has 4 nitrogen and oxygen atoms in total. The van der Waals surface area contributed by atoms with Gasteiger partial charge in [0.25, 0.3) is 0 Å². The molecule has 0 saturated carbocycles. The van der Waals surface area contributed by atoms with Crippen molar-refractivity contribution < 1.29 is 4.74 Å². The zero-order valence-corrected chi connectivity index (χ0v) is 11.3. The summed E-state index contributed by atoms with van der Waals surface area (Å²) in [5.74, 6) is 0.907. The molecule has 1 N–H and O–H groups in total. The Morgan fingerprint density at radius 2 is 2.17 bits per heavy atom. The third kappa shape index (κ3) is 2.64. The molecule has 0 fully saturated rings. The summed E-state index contributed by atoms with van der Waals surface area (Å²) in [6, 6.07) is 6.38. The summed E-state index contributed by atoms with van der Waals surface area (Å²) in [5, 5.41) is 7.56. The first-order valence-electron chi connectivity index (χ1n) is 6.00. The molecule has 0 amide bonds. The molecule has 2 aromatic rings. The van der Waals surface area contributed by atoms with Gasteiger partial charge in [0.2, 0.25) is 0 Å². The van der Waals surface area contributed by atoms with Crippen LogP contribution in [0.15, 0.2) is 30.6 Å². The lowest BCUT2D eigenvalue weighted by atomic mass is 10.0. The second kappa shape index (κ2) is 5.12. The molecule has 0 bridgehead atoms. The molecule has 1 atom stereocenters. The number of methoxy groups -OCH3 is 1. The van der Waals surface area contributed by atoms with Crippen molar-refractivity contribution in [2.24, 2.45) is 7.05 Å². The molecular formula is C14H19N3O. The second-order valence-electron chi connectivity index (χ2n) is 4.51. The summed E-state index contributed by atoms with van der Waals surface area (Å²) in [6.45, 7) is 4.20. The van der Waals surface area contributed by atoms with Crippen LogP contribution in [0.5, 0.6) is 5.75 Å². The van der Waals surface area contributed by atoms with E-state index in [2.05, 4.69) is 36.4 Å². The number of benzene rings is 1. The Balaban J connectivity index is 2.22. The lowest BCUT2D eigenvalue weighted by Gasteiger charge is -2.18. The smallest absolute Gasteiger partial charge is 0.124 e. The number of nitrogens with zero attached hydrogens (tertiary/aromatic N) is 2. The first kappa shape index (κ1) is 12.5. The van der Waals surface area contributed by atoms with E-state index in [9.17, 15) is 0 Å². The average molecular weight is 245 g/mol. The monoisotopic (exact) mass is 245 g/mol. The summed E-state index contributed by atoms with van der Waals surface area (Å²) >= 11 is 0. The third-order valence-corrected chi connectivity index (χ3v) is 2.94. The number of rotatable bonds is 4. The van der Waals surface area contributed by atoms with Crippen LogP contribution < -0.4 is 10.1 Å². The summed E-state index contributed by atoms with van der Waals surface area (Å²) in [4.78, 5) is 0. The van der Waals surface area contributed by atoms with E-state index in [-0.39, 0.29) is 6.04 Å². The molecule has 0 saturated heterocycles. The molecule has 0 aliphatic heterocycles. The van der Waals surface area contributed by atoms with Gasteiger partial charge in [-0.2, -0.15) is 5.10 Å². The third-order valence-electron chi connectivity index (χ3n) is 2.94. The fraction of sp³-hybridized carbons (Fsp3) is 0.357. The lowest BCUT2D eigenvalue weighted by Crippen LogP contribution is -2.08. The number of nitrogens with one attached hydrogen (secondary N) is 1. The Hall–Kier alpha value is -1.97. The van der Waals surface area contributed by atoms with Gasteiger partial charge in [-0.25, -0.2) is 0 Å². The normalized spacial score (nSPS) is 12.2. The maximum absolute atomic E-state index is 5.40. The van der Waals surface area contributed by atoms with Crippen molar-refractivity contribution in [1.29, 1.82) is 0 Å². The molecule has 1 aromatic heterocycles. The van der Waals surface area contributed by atoms with Crippen LogP contribution >= 0.6 is 0 Å². The molecule has 18 heavy (non-hydrogen) atoms. The van der Waals surface area contributed by atoms with Crippen molar-refractivity contribution in [2.75, 3.05) is 12.4 Å². The number of aromatic nitrogens is 2. The van der Waals surface area contributed by atoms with E-state index in [1.165, 1.54) is 5.56 Å². The van der Waals surface area contributed by atoms with E-state index in [1.54, 1.807) is 11.8 Å². The molecule has 0 aliphatic rings. The highest BCUT2D eigenvalue weighted by molar-refractivity contribution is 5.46. The van der Waals surface area contributed by atoms with E-state index < -0.39 is 0 Å². The SMILES string of the molecule is COc1ccc(C)cc1C(C)Nc1cnn(C)c1. The standard InChI is InChI=1S/C14H19N3O/c1-10-5-6-14(18-4)13(7-10)11(2)16-12-8-15-17(3)9-12/h5-9,11,16H,1-4H3. The van der Waals surface area contributed by atoms with E-state index >= 15 is 0 Å². The Bertz CT molecular complexity index is 534. The van der Waals surface area contributed by atoms with Crippen molar-refractivity contribution in [1.82, 2.24) is 9.78 Å². The average Bonchev–Trinajstić information content (AvgIpc) is 2.74. The molecule has 1 heterocycles. The van der Waals surface area contributed by atoms with Gasteiger partial charge in [-0.15, -0.1) is 0 Å². The summed E-state index contributed by atoms with van der Waals surface area (Å²) in [7, 11) is 3.61. The highest BCUT2D eigenvalue weighted by Crippen LogP contribution is 2.28. The van der Waals surface area contributed by atoms with Gasteiger partial charge < -0.3 is 10.1 Å². The van der Waals surface area contributed by atoms with Gasteiger partial charge in [0.05, 0.1) is 25.0 Å². The van der Waals surface area contributed by atoms with E-state index in [0.717, 1.165) is 17.0 Å². The number of hydrogen-bond acceptors (Lipinski definition) is 3. The Morgan fingerprint density at radius 3 is 2.78 bits per heavy atom. The van der Waals surface area contributed by atoms with Crippen LogP contribution in [0.25, 0.3) is 0 Å². The summed E-state index contributed by atoms with van der Waals surface area (Å²) in [6.07, 6.45) is 3.78. The molecular weight excluding hydrogens is 226 g/mol. The van der Waals surface area contributed by atoms with Crippen LogP contribution in [0.1, 0.15) is 24.1 Å². The molecule has 96 valence electrons. The topological polar surface area (TPSA) is 39.1 Å². The zero-order chi connectivity index (χ0) is 13.1.